The molecule has 0 spiro atoms. The first-order valence-electron chi connectivity index (χ1n) is 11.2. The standard InChI is InChI=1S/C21H34N5OP/c27-21-12-10-20(11-13-21)22-23-28(24-14-4-1-5-15-24,25-16-6-2-7-17-25)26-18-8-3-9-19-26/h10-13H,1-9,14-19H2/p+1. The first-order chi connectivity index (χ1) is 13.8. The summed E-state index contributed by atoms with van der Waals surface area (Å²) in [7, 11) is -2.00. The first kappa shape index (κ1) is 20.2. The third kappa shape index (κ3) is 4.40. The quantitative estimate of drug-likeness (QED) is 0.512. The fraction of sp³-hybridized carbons (Fsp3) is 0.714. The minimum Gasteiger partial charge on any atom is -0.508 e. The highest BCUT2D eigenvalue weighted by molar-refractivity contribution is 7.67. The summed E-state index contributed by atoms with van der Waals surface area (Å²) < 4.78 is 8.16. The Morgan fingerprint density at radius 3 is 1.39 bits per heavy atom. The van der Waals surface area contributed by atoms with Crippen molar-refractivity contribution in [1.82, 2.24) is 14.0 Å². The molecule has 0 amide bonds. The van der Waals surface area contributed by atoms with E-state index in [0.29, 0.717) is 0 Å². The summed E-state index contributed by atoms with van der Waals surface area (Å²) in [6.07, 6.45) is 11.7. The third-order valence-electron chi connectivity index (χ3n) is 6.27. The molecule has 1 aromatic carbocycles. The number of benzene rings is 1. The molecule has 4 rings (SSSR count). The highest BCUT2D eigenvalue weighted by atomic mass is 31.2. The molecule has 0 unspecified atom stereocenters. The largest absolute Gasteiger partial charge is 0.508 e. The van der Waals surface area contributed by atoms with Crippen LogP contribution in [-0.4, -0.2) is 58.4 Å². The van der Waals surface area contributed by atoms with Crippen LogP contribution in [0.25, 0.3) is 0 Å². The van der Waals surface area contributed by atoms with E-state index in [1.54, 1.807) is 12.1 Å². The molecule has 0 aromatic heterocycles. The van der Waals surface area contributed by atoms with Crippen LogP contribution < -0.4 is 0 Å². The molecule has 0 atom stereocenters. The van der Waals surface area contributed by atoms with Gasteiger partial charge in [0, 0.05) is 44.2 Å². The van der Waals surface area contributed by atoms with Crippen LogP contribution in [-0.2, 0) is 0 Å². The van der Waals surface area contributed by atoms with E-state index >= 15 is 0 Å². The maximum absolute atomic E-state index is 9.61. The van der Waals surface area contributed by atoms with Gasteiger partial charge < -0.3 is 5.11 Å². The molecule has 3 saturated heterocycles. The van der Waals surface area contributed by atoms with E-state index in [0.717, 1.165) is 45.0 Å². The predicted octanol–water partition coefficient (Wildman–Crippen LogP) is 5.61. The molecule has 3 aliphatic heterocycles. The van der Waals surface area contributed by atoms with E-state index in [1.807, 2.05) is 12.1 Å². The molecule has 28 heavy (non-hydrogen) atoms. The van der Waals surface area contributed by atoms with Crippen molar-refractivity contribution >= 4 is 13.6 Å². The van der Waals surface area contributed by atoms with Crippen molar-refractivity contribution in [3.8, 4) is 5.75 Å². The number of nitrogens with zero attached hydrogens (tertiary/aromatic N) is 5. The Hall–Kier alpha value is -1.07. The summed E-state index contributed by atoms with van der Waals surface area (Å²) in [5.41, 5.74) is 0.841. The van der Waals surface area contributed by atoms with Crippen molar-refractivity contribution in [3.05, 3.63) is 24.3 Å². The van der Waals surface area contributed by atoms with Gasteiger partial charge in [-0.3, -0.25) is 0 Å². The number of rotatable bonds is 5. The van der Waals surface area contributed by atoms with Crippen LogP contribution in [0.2, 0.25) is 0 Å². The average Bonchev–Trinajstić information content (AvgIpc) is 2.78. The molecule has 154 valence electrons. The van der Waals surface area contributed by atoms with Crippen molar-refractivity contribution in [2.45, 2.75) is 57.8 Å². The van der Waals surface area contributed by atoms with E-state index in [1.165, 1.54) is 57.8 Å². The summed E-state index contributed by atoms with van der Waals surface area (Å²) in [6.45, 7) is 6.89. The maximum Gasteiger partial charge on any atom is 0.379 e. The molecule has 0 saturated carbocycles. The Bertz CT molecular complexity index is 589. The summed E-state index contributed by atoms with van der Waals surface area (Å²) in [6, 6.07) is 7.15. The van der Waals surface area contributed by atoms with Crippen LogP contribution in [0.5, 0.6) is 5.75 Å². The average molecular weight is 405 g/mol. The Balaban J connectivity index is 1.72. The lowest BCUT2D eigenvalue weighted by molar-refractivity contribution is 0.238. The zero-order valence-corrected chi connectivity index (χ0v) is 17.9. The molecule has 0 radical (unpaired) electrons. The van der Waals surface area contributed by atoms with Gasteiger partial charge in [0.2, 0.25) is 0 Å². The van der Waals surface area contributed by atoms with Crippen LogP contribution in [0.3, 0.4) is 0 Å². The molecule has 3 fully saturated rings. The minimum absolute atomic E-state index is 0.281. The normalized spacial score (nSPS) is 24.0. The summed E-state index contributed by atoms with van der Waals surface area (Å²) in [4.78, 5) is 5.26. The molecule has 1 N–H and O–H groups in total. The second kappa shape index (κ2) is 9.62. The van der Waals surface area contributed by atoms with Crippen LogP contribution in [0.1, 0.15) is 57.8 Å². The van der Waals surface area contributed by atoms with Crippen molar-refractivity contribution in [1.29, 1.82) is 0 Å². The van der Waals surface area contributed by atoms with Crippen molar-refractivity contribution < 1.29 is 5.11 Å². The summed E-state index contributed by atoms with van der Waals surface area (Å²) in [5, 5.41) is 14.4. The number of phenolic OH excluding ortho intramolecular Hbond substituents is 1. The second-order valence-corrected chi connectivity index (χ2v) is 11.2. The van der Waals surface area contributed by atoms with Crippen LogP contribution in [0, 0.1) is 0 Å². The number of aromatic hydroxyl groups is 1. The van der Waals surface area contributed by atoms with Gasteiger partial charge in [-0.2, -0.15) is 0 Å². The fourth-order valence-electron chi connectivity index (χ4n) is 4.77. The highest BCUT2D eigenvalue weighted by Gasteiger charge is 2.59. The predicted molar refractivity (Wildman–Crippen MR) is 116 cm³/mol. The zero-order chi connectivity index (χ0) is 19.2. The zero-order valence-electron chi connectivity index (χ0n) is 17.0. The maximum atomic E-state index is 9.61. The first-order valence-corrected chi connectivity index (χ1v) is 12.8. The molecule has 3 aliphatic rings. The molecule has 0 aliphatic carbocycles. The molecule has 7 heteroatoms. The van der Waals surface area contributed by atoms with Crippen LogP contribution >= 0.6 is 7.87 Å². The van der Waals surface area contributed by atoms with Gasteiger partial charge in [0.1, 0.15) is 5.75 Å². The smallest absolute Gasteiger partial charge is 0.379 e. The lowest BCUT2D eigenvalue weighted by atomic mass is 10.2. The topological polar surface area (TPSA) is 54.7 Å². The minimum atomic E-state index is -2.00. The lowest BCUT2D eigenvalue weighted by Gasteiger charge is -2.45. The Kier molecular flexibility index (Phi) is 6.94. The molecule has 6 nitrogen and oxygen atoms in total. The van der Waals surface area contributed by atoms with Crippen molar-refractivity contribution in [3.63, 3.8) is 0 Å². The van der Waals surface area contributed by atoms with Gasteiger partial charge in [0.05, 0.1) is 5.69 Å². The second-order valence-electron chi connectivity index (χ2n) is 8.29. The van der Waals surface area contributed by atoms with Crippen LogP contribution in [0.15, 0.2) is 34.3 Å². The number of hydrogen-bond donors (Lipinski definition) is 1. The third-order valence-corrected chi connectivity index (χ3v) is 10.1. The van der Waals surface area contributed by atoms with Gasteiger partial charge in [-0.15, -0.1) is 19.1 Å². The van der Waals surface area contributed by atoms with E-state index < -0.39 is 7.87 Å². The molecular weight excluding hydrogens is 369 g/mol. The lowest BCUT2D eigenvalue weighted by Crippen LogP contribution is -2.48. The molecule has 1 aromatic rings. The van der Waals surface area contributed by atoms with Gasteiger partial charge in [-0.05, 0) is 62.8 Å². The molecule has 3 heterocycles. The van der Waals surface area contributed by atoms with Gasteiger partial charge in [-0.1, -0.05) is 19.3 Å². The number of phenols is 1. The summed E-state index contributed by atoms with van der Waals surface area (Å²) >= 11 is 0. The van der Waals surface area contributed by atoms with E-state index in [2.05, 4.69) is 14.0 Å². The van der Waals surface area contributed by atoms with E-state index in [9.17, 15) is 5.11 Å². The Morgan fingerprint density at radius 2 is 1.00 bits per heavy atom. The monoisotopic (exact) mass is 404 g/mol. The highest BCUT2D eigenvalue weighted by Crippen LogP contribution is 2.71. The van der Waals surface area contributed by atoms with E-state index in [4.69, 9.17) is 10.00 Å². The Labute approximate surface area is 170 Å². The van der Waals surface area contributed by atoms with Crippen LogP contribution in [0.4, 0.5) is 5.69 Å². The van der Waals surface area contributed by atoms with Crippen molar-refractivity contribution in [2.24, 2.45) is 10.00 Å². The van der Waals surface area contributed by atoms with Gasteiger partial charge in [-0.25, -0.2) is 0 Å². The summed E-state index contributed by atoms with van der Waals surface area (Å²) in [5.74, 6) is 0.281. The van der Waals surface area contributed by atoms with Gasteiger partial charge >= 0.3 is 7.87 Å². The fourth-order valence-corrected chi connectivity index (χ4v) is 8.87. The Morgan fingerprint density at radius 1 is 0.607 bits per heavy atom. The van der Waals surface area contributed by atoms with Gasteiger partial charge in [0.25, 0.3) is 0 Å². The number of piperidine rings is 3. The molecule has 0 bridgehead atoms. The SMILES string of the molecule is Oc1ccc(N=N[P+](N2CCCCC2)(N2CCCCC2)N2CCCCC2)cc1. The van der Waals surface area contributed by atoms with E-state index in [-0.39, 0.29) is 5.75 Å². The molecular formula is C21H35N5OP+. The van der Waals surface area contributed by atoms with Gasteiger partial charge in [0.15, 0.2) is 0 Å². The van der Waals surface area contributed by atoms with Crippen molar-refractivity contribution in [2.75, 3.05) is 39.3 Å². The number of hydrogen-bond acceptors (Lipinski definition) is 6.